The molecule has 1 fully saturated rings. The quantitative estimate of drug-likeness (QED) is 0.635. The zero-order chi connectivity index (χ0) is 15.8. The summed E-state index contributed by atoms with van der Waals surface area (Å²) < 4.78 is 2.38. The summed E-state index contributed by atoms with van der Waals surface area (Å²) in [5, 5.41) is 10.4. The molecule has 110 valence electrons. The molecular weight excluding hydrogens is 280 g/mol. The van der Waals surface area contributed by atoms with Crippen LogP contribution < -0.4 is 0 Å². The molecule has 1 aliphatic rings. The van der Waals surface area contributed by atoms with Crippen LogP contribution in [-0.2, 0) is 0 Å². The molecule has 4 rings (SSSR count). The minimum atomic E-state index is 0.488. The van der Waals surface area contributed by atoms with E-state index in [1.54, 1.807) is 6.07 Å². The van der Waals surface area contributed by atoms with E-state index in [0.717, 1.165) is 18.4 Å². The highest BCUT2D eigenvalue weighted by Gasteiger charge is 2.32. The Labute approximate surface area is 136 Å². The van der Waals surface area contributed by atoms with Gasteiger partial charge in [0.25, 0.3) is 0 Å². The van der Waals surface area contributed by atoms with Crippen molar-refractivity contribution in [2.75, 3.05) is 0 Å². The Balaban J connectivity index is 1.58. The molecule has 0 bridgehead atoms. The third-order valence-electron chi connectivity index (χ3n) is 4.86. The van der Waals surface area contributed by atoms with Gasteiger partial charge in [-0.25, -0.2) is 0 Å². The fourth-order valence-electron chi connectivity index (χ4n) is 3.55. The van der Waals surface area contributed by atoms with E-state index in [1.165, 1.54) is 16.5 Å². The van der Waals surface area contributed by atoms with Gasteiger partial charge in [-0.1, -0.05) is 24.1 Å². The summed E-state index contributed by atoms with van der Waals surface area (Å²) in [5.74, 6) is 3.14. The van der Waals surface area contributed by atoms with Crippen LogP contribution in [0.1, 0.15) is 41.5 Å². The summed E-state index contributed by atoms with van der Waals surface area (Å²) in [5.41, 5.74) is 3.95. The summed E-state index contributed by atoms with van der Waals surface area (Å²) in [6.45, 7) is 0. The van der Waals surface area contributed by atoms with Crippen LogP contribution in [0.2, 0.25) is 0 Å². The molecule has 0 atom stereocenters. The van der Waals surface area contributed by atoms with E-state index >= 15 is 0 Å². The molecular formula is C21H16N2. The van der Waals surface area contributed by atoms with Crippen molar-refractivity contribution < 1.29 is 0 Å². The second-order valence-electron chi connectivity index (χ2n) is 6.20. The van der Waals surface area contributed by atoms with Gasteiger partial charge in [0.05, 0.1) is 11.6 Å². The van der Waals surface area contributed by atoms with Crippen molar-refractivity contribution in [1.29, 1.82) is 5.26 Å². The maximum absolute atomic E-state index is 9.15. The van der Waals surface area contributed by atoms with Crippen LogP contribution in [-0.4, -0.2) is 4.57 Å². The molecule has 1 saturated carbocycles. The number of benzene rings is 2. The van der Waals surface area contributed by atoms with Crippen molar-refractivity contribution in [3.63, 3.8) is 0 Å². The third-order valence-corrected chi connectivity index (χ3v) is 4.86. The molecule has 0 saturated heterocycles. The highest BCUT2D eigenvalue weighted by Crippen LogP contribution is 2.46. The number of nitrogens with zero attached hydrogens (tertiary/aromatic N) is 2. The smallest absolute Gasteiger partial charge is 0.0992 e. The van der Waals surface area contributed by atoms with Crippen molar-refractivity contribution in [1.82, 2.24) is 4.57 Å². The van der Waals surface area contributed by atoms with E-state index in [-0.39, 0.29) is 0 Å². The van der Waals surface area contributed by atoms with E-state index in [2.05, 4.69) is 59.2 Å². The predicted molar refractivity (Wildman–Crippen MR) is 92.0 cm³/mol. The summed E-state index contributed by atoms with van der Waals surface area (Å²) >= 11 is 0. The lowest BCUT2D eigenvalue weighted by Gasteiger charge is -2.37. The average molecular weight is 296 g/mol. The Morgan fingerprint density at radius 2 is 1.83 bits per heavy atom. The second-order valence-corrected chi connectivity index (χ2v) is 6.20. The zero-order valence-electron chi connectivity index (χ0n) is 12.7. The maximum atomic E-state index is 9.15. The number of aromatic nitrogens is 1. The molecule has 2 heteroatoms. The number of nitriles is 1. The Kier molecular flexibility index (Phi) is 3.18. The van der Waals surface area contributed by atoms with Gasteiger partial charge in [0.15, 0.2) is 0 Å². The number of rotatable bonds is 2. The van der Waals surface area contributed by atoms with Crippen LogP contribution >= 0.6 is 0 Å². The average Bonchev–Trinajstić information content (AvgIpc) is 2.97. The fourth-order valence-corrected chi connectivity index (χ4v) is 3.55. The van der Waals surface area contributed by atoms with Gasteiger partial charge >= 0.3 is 0 Å². The summed E-state index contributed by atoms with van der Waals surface area (Å²) in [7, 11) is 0. The molecule has 0 aliphatic heterocycles. The lowest BCUT2D eigenvalue weighted by atomic mass is 9.75. The first-order valence-electron chi connectivity index (χ1n) is 7.86. The molecule has 0 spiro atoms. The van der Waals surface area contributed by atoms with Gasteiger partial charge in [-0.3, -0.25) is 0 Å². The molecule has 1 aromatic heterocycles. The monoisotopic (exact) mass is 296 g/mol. The minimum absolute atomic E-state index is 0.488. The number of para-hydroxylation sites is 1. The number of fused-ring (bicyclic) bond motifs is 1. The summed E-state index contributed by atoms with van der Waals surface area (Å²) in [4.78, 5) is 0. The van der Waals surface area contributed by atoms with E-state index in [4.69, 9.17) is 11.7 Å². The molecule has 2 nitrogen and oxygen atoms in total. The van der Waals surface area contributed by atoms with Gasteiger partial charge in [-0.15, -0.1) is 6.42 Å². The van der Waals surface area contributed by atoms with Gasteiger partial charge in [0.2, 0.25) is 0 Å². The molecule has 0 amide bonds. The largest absolute Gasteiger partial charge is 0.344 e. The van der Waals surface area contributed by atoms with Gasteiger partial charge in [-0.2, -0.15) is 5.26 Å². The highest BCUT2D eigenvalue weighted by molar-refractivity contribution is 5.80. The fraction of sp³-hybridized carbons (Fsp3) is 0.190. The van der Waals surface area contributed by atoms with Crippen LogP contribution in [0.5, 0.6) is 0 Å². The molecule has 23 heavy (non-hydrogen) atoms. The first kappa shape index (κ1) is 13.7. The molecule has 0 unspecified atom stereocenters. The van der Waals surface area contributed by atoms with Crippen molar-refractivity contribution in [3.8, 4) is 18.4 Å². The lowest BCUT2D eigenvalue weighted by Crippen LogP contribution is -2.24. The maximum Gasteiger partial charge on any atom is 0.0992 e. The Bertz CT molecular complexity index is 927. The van der Waals surface area contributed by atoms with Gasteiger partial charge in [0.1, 0.15) is 0 Å². The van der Waals surface area contributed by atoms with E-state index < -0.39 is 0 Å². The standard InChI is InChI=1S/C21H16N2/c1-2-15-9-16(14-22)11-18(10-15)19-12-20(13-19)23-8-7-17-5-3-4-6-21(17)23/h1,3-11,19-20H,12-13H2. The van der Waals surface area contributed by atoms with Crippen molar-refractivity contribution in [2.24, 2.45) is 0 Å². The van der Waals surface area contributed by atoms with Crippen LogP contribution in [0.25, 0.3) is 10.9 Å². The first-order valence-corrected chi connectivity index (χ1v) is 7.86. The van der Waals surface area contributed by atoms with Crippen LogP contribution in [0, 0.1) is 23.7 Å². The number of hydrogen-bond acceptors (Lipinski definition) is 1. The molecule has 1 aliphatic carbocycles. The zero-order valence-corrected chi connectivity index (χ0v) is 12.7. The molecule has 0 N–H and O–H groups in total. The van der Waals surface area contributed by atoms with Gasteiger partial charge in [-0.05, 0) is 60.0 Å². The molecule has 2 aromatic carbocycles. The van der Waals surface area contributed by atoms with E-state index in [1.807, 2.05) is 6.07 Å². The Morgan fingerprint density at radius 1 is 1.04 bits per heavy atom. The van der Waals surface area contributed by atoms with Crippen LogP contribution in [0.3, 0.4) is 0 Å². The Hall–Kier alpha value is -2.97. The molecule has 3 aromatic rings. The third kappa shape index (κ3) is 2.30. The summed E-state index contributed by atoms with van der Waals surface area (Å²) in [6.07, 6.45) is 9.88. The topological polar surface area (TPSA) is 28.7 Å². The predicted octanol–water partition coefficient (Wildman–Crippen LogP) is 4.61. The van der Waals surface area contributed by atoms with Crippen molar-refractivity contribution in [2.45, 2.75) is 24.8 Å². The molecule has 0 radical (unpaired) electrons. The van der Waals surface area contributed by atoms with Gasteiger partial charge in [0, 0.05) is 23.3 Å². The normalized spacial score (nSPS) is 19.7. The van der Waals surface area contributed by atoms with E-state index in [0.29, 0.717) is 17.5 Å². The van der Waals surface area contributed by atoms with Crippen molar-refractivity contribution in [3.05, 3.63) is 71.4 Å². The van der Waals surface area contributed by atoms with E-state index in [9.17, 15) is 0 Å². The summed E-state index contributed by atoms with van der Waals surface area (Å²) in [6, 6.07) is 19.2. The van der Waals surface area contributed by atoms with Crippen LogP contribution in [0.4, 0.5) is 0 Å². The molecule has 1 heterocycles. The van der Waals surface area contributed by atoms with Crippen LogP contribution in [0.15, 0.2) is 54.7 Å². The lowest BCUT2D eigenvalue weighted by molar-refractivity contribution is 0.271. The minimum Gasteiger partial charge on any atom is -0.344 e. The number of terminal acetylenes is 1. The highest BCUT2D eigenvalue weighted by atomic mass is 15.0. The number of hydrogen-bond donors (Lipinski definition) is 0. The van der Waals surface area contributed by atoms with Crippen molar-refractivity contribution >= 4 is 10.9 Å². The Morgan fingerprint density at radius 3 is 2.61 bits per heavy atom. The SMILES string of the molecule is C#Cc1cc(C#N)cc(C2CC(n3ccc4ccccc43)C2)c1. The first-order chi connectivity index (χ1) is 11.3. The second kappa shape index (κ2) is 5.34. The van der Waals surface area contributed by atoms with Gasteiger partial charge < -0.3 is 4.57 Å².